The van der Waals surface area contributed by atoms with E-state index in [4.69, 9.17) is 14.5 Å². The molecule has 0 saturated heterocycles. The normalized spacial score (nSPS) is 16.5. The zero-order valence-corrected chi connectivity index (χ0v) is 16.7. The maximum absolute atomic E-state index is 12.3. The molecule has 1 amide bonds. The highest BCUT2D eigenvalue weighted by Crippen LogP contribution is 2.43. The molecule has 0 unspecified atom stereocenters. The monoisotopic (exact) mass is 400 g/mol. The summed E-state index contributed by atoms with van der Waals surface area (Å²) in [6.07, 6.45) is 7.06. The lowest BCUT2D eigenvalue weighted by Crippen LogP contribution is -2.14. The largest absolute Gasteiger partial charge is 0.360 e. The van der Waals surface area contributed by atoms with Crippen molar-refractivity contribution < 1.29 is 9.32 Å². The van der Waals surface area contributed by atoms with Gasteiger partial charge in [0.15, 0.2) is 5.82 Å². The second-order valence-electron chi connectivity index (χ2n) is 7.21. The number of hydrogen-bond acceptors (Lipinski definition) is 7. The number of carbonyl (C=O) groups is 1. The molecule has 3 aromatic heterocycles. The van der Waals surface area contributed by atoms with Crippen molar-refractivity contribution in [2.45, 2.75) is 56.4 Å². The first kappa shape index (κ1) is 17.2. The molecule has 2 aliphatic carbocycles. The van der Waals surface area contributed by atoms with Crippen LogP contribution in [0.1, 0.15) is 53.6 Å². The summed E-state index contributed by atoms with van der Waals surface area (Å²) >= 11 is 3.33. The molecule has 0 spiro atoms. The van der Waals surface area contributed by atoms with Gasteiger partial charge in [-0.3, -0.25) is 4.79 Å². The Hall–Kier alpha value is -1.93. The van der Waals surface area contributed by atoms with Gasteiger partial charge in [0.2, 0.25) is 5.91 Å². The van der Waals surface area contributed by atoms with Crippen LogP contribution in [0.25, 0.3) is 10.2 Å². The van der Waals surface area contributed by atoms with Gasteiger partial charge in [0.05, 0.1) is 5.75 Å². The van der Waals surface area contributed by atoms with Crippen molar-refractivity contribution in [2.24, 2.45) is 0 Å². The van der Waals surface area contributed by atoms with Gasteiger partial charge in [-0.05, 0) is 51.0 Å². The van der Waals surface area contributed by atoms with Gasteiger partial charge in [0.25, 0.3) is 0 Å². The van der Waals surface area contributed by atoms with Crippen LogP contribution in [0.5, 0.6) is 0 Å². The van der Waals surface area contributed by atoms with Crippen molar-refractivity contribution in [1.29, 1.82) is 0 Å². The van der Waals surface area contributed by atoms with E-state index in [2.05, 4.69) is 10.5 Å². The standard InChI is InChI=1S/C19H20N4O2S2/c1-10-8-14(23-25-10)20-15(24)9-26-18-16-12-4-2-3-5-13(12)27-19(16)22-17(21-18)11-6-7-11/h8,11H,2-7,9H2,1H3,(H,20,23,24). The van der Waals surface area contributed by atoms with Gasteiger partial charge >= 0.3 is 0 Å². The summed E-state index contributed by atoms with van der Waals surface area (Å²) in [6.45, 7) is 1.80. The number of aryl methyl sites for hydroxylation is 3. The van der Waals surface area contributed by atoms with Crippen molar-refractivity contribution in [3.8, 4) is 0 Å². The fraction of sp³-hybridized carbons (Fsp3) is 0.474. The zero-order chi connectivity index (χ0) is 18.4. The maximum atomic E-state index is 12.3. The molecule has 0 aromatic carbocycles. The minimum atomic E-state index is -0.0999. The molecule has 0 radical (unpaired) electrons. The number of fused-ring (bicyclic) bond motifs is 3. The molecule has 3 heterocycles. The van der Waals surface area contributed by atoms with Gasteiger partial charge in [-0.1, -0.05) is 16.9 Å². The van der Waals surface area contributed by atoms with Crippen LogP contribution in [0.3, 0.4) is 0 Å². The number of carbonyl (C=O) groups excluding carboxylic acids is 1. The molecule has 3 aromatic rings. The molecule has 0 atom stereocenters. The number of thioether (sulfide) groups is 1. The van der Waals surface area contributed by atoms with Crippen LogP contribution >= 0.6 is 23.1 Å². The minimum absolute atomic E-state index is 0.0999. The lowest BCUT2D eigenvalue weighted by Gasteiger charge is -2.12. The second kappa shape index (κ2) is 6.91. The van der Waals surface area contributed by atoms with Crippen LogP contribution in [0.15, 0.2) is 15.6 Å². The average molecular weight is 401 g/mol. The highest BCUT2D eigenvalue weighted by atomic mass is 32.2. The van der Waals surface area contributed by atoms with Crippen LogP contribution in [0, 0.1) is 6.92 Å². The Labute approximate surface area is 165 Å². The Bertz CT molecular complexity index is 1020. The molecular weight excluding hydrogens is 380 g/mol. The smallest absolute Gasteiger partial charge is 0.236 e. The summed E-state index contributed by atoms with van der Waals surface area (Å²) in [4.78, 5) is 24.6. The zero-order valence-electron chi connectivity index (χ0n) is 15.1. The number of rotatable bonds is 5. The summed E-state index contributed by atoms with van der Waals surface area (Å²) in [5.41, 5.74) is 1.42. The molecule has 27 heavy (non-hydrogen) atoms. The Morgan fingerprint density at radius 2 is 2.19 bits per heavy atom. The topological polar surface area (TPSA) is 80.9 Å². The van der Waals surface area contributed by atoms with E-state index in [-0.39, 0.29) is 5.91 Å². The Morgan fingerprint density at radius 1 is 1.33 bits per heavy atom. The van der Waals surface area contributed by atoms with Crippen molar-refractivity contribution in [3.63, 3.8) is 0 Å². The highest BCUT2D eigenvalue weighted by molar-refractivity contribution is 8.00. The SMILES string of the molecule is Cc1cc(NC(=O)CSc2nc(C3CC3)nc3sc4c(c23)CCCC4)no1. The quantitative estimate of drug-likeness (QED) is 0.502. The van der Waals surface area contributed by atoms with Crippen LogP contribution in [-0.4, -0.2) is 26.8 Å². The molecule has 5 rings (SSSR count). The molecule has 140 valence electrons. The van der Waals surface area contributed by atoms with Crippen LogP contribution < -0.4 is 5.32 Å². The van der Waals surface area contributed by atoms with Crippen molar-refractivity contribution in [3.05, 3.63) is 28.1 Å². The molecule has 0 bridgehead atoms. The number of hydrogen-bond donors (Lipinski definition) is 1. The summed E-state index contributed by atoms with van der Waals surface area (Å²) in [5.74, 6) is 2.78. The van der Waals surface area contributed by atoms with Gasteiger partial charge in [0, 0.05) is 22.2 Å². The number of thiophene rings is 1. The Kier molecular flexibility index (Phi) is 4.40. The molecule has 1 fully saturated rings. The summed E-state index contributed by atoms with van der Waals surface area (Å²) in [7, 11) is 0. The predicted molar refractivity (Wildman–Crippen MR) is 107 cm³/mol. The Balaban J connectivity index is 1.42. The molecular formula is C19H20N4O2S2. The van der Waals surface area contributed by atoms with Crippen molar-refractivity contribution >= 4 is 45.0 Å². The van der Waals surface area contributed by atoms with Crippen molar-refractivity contribution in [2.75, 3.05) is 11.1 Å². The van der Waals surface area contributed by atoms with Gasteiger partial charge in [0.1, 0.15) is 21.4 Å². The molecule has 0 aliphatic heterocycles. The number of aromatic nitrogens is 3. The molecule has 1 saturated carbocycles. The third-order valence-corrected chi connectivity index (χ3v) is 7.14. The average Bonchev–Trinajstić information content (AvgIpc) is 3.33. The van der Waals surface area contributed by atoms with E-state index in [1.54, 1.807) is 13.0 Å². The van der Waals surface area contributed by atoms with E-state index in [9.17, 15) is 4.79 Å². The first-order chi connectivity index (χ1) is 13.2. The van der Waals surface area contributed by atoms with Crippen LogP contribution in [0.2, 0.25) is 0 Å². The fourth-order valence-corrected chi connectivity index (χ4v) is 5.70. The third kappa shape index (κ3) is 3.48. The predicted octanol–water partition coefficient (Wildman–Crippen LogP) is 4.47. The van der Waals surface area contributed by atoms with Gasteiger partial charge in [-0.2, -0.15) is 0 Å². The Morgan fingerprint density at radius 3 is 2.96 bits per heavy atom. The van der Waals surface area contributed by atoms with Crippen molar-refractivity contribution in [1.82, 2.24) is 15.1 Å². The van der Waals surface area contributed by atoms with Gasteiger partial charge < -0.3 is 9.84 Å². The minimum Gasteiger partial charge on any atom is -0.360 e. The van der Waals surface area contributed by atoms with E-state index in [1.165, 1.54) is 53.3 Å². The third-order valence-electron chi connectivity index (χ3n) is 4.98. The first-order valence-electron chi connectivity index (χ1n) is 9.35. The fourth-order valence-electron chi connectivity index (χ4n) is 3.51. The van der Waals surface area contributed by atoms with E-state index in [1.807, 2.05) is 11.3 Å². The number of nitrogens with zero attached hydrogens (tertiary/aromatic N) is 3. The lowest BCUT2D eigenvalue weighted by atomic mass is 9.97. The second-order valence-corrected chi connectivity index (χ2v) is 9.26. The van der Waals surface area contributed by atoms with Gasteiger partial charge in [-0.15, -0.1) is 11.3 Å². The molecule has 6 nitrogen and oxygen atoms in total. The highest BCUT2D eigenvalue weighted by Gasteiger charge is 2.29. The van der Waals surface area contributed by atoms with E-state index >= 15 is 0 Å². The van der Waals surface area contributed by atoms with E-state index in [0.29, 0.717) is 23.2 Å². The summed E-state index contributed by atoms with van der Waals surface area (Å²) in [6, 6.07) is 1.71. The first-order valence-corrected chi connectivity index (χ1v) is 11.2. The number of amides is 1. The molecule has 1 N–H and O–H groups in total. The maximum Gasteiger partial charge on any atom is 0.236 e. The van der Waals surface area contributed by atoms with Crippen LogP contribution in [0.4, 0.5) is 5.82 Å². The number of anilines is 1. The van der Waals surface area contributed by atoms with E-state index < -0.39 is 0 Å². The molecule has 8 heteroatoms. The number of nitrogens with one attached hydrogen (secondary N) is 1. The van der Waals surface area contributed by atoms with E-state index in [0.717, 1.165) is 28.5 Å². The summed E-state index contributed by atoms with van der Waals surface area (Å²) < 4.78 is 5.00. The summed E-state index contributed by atoms with van der Waals surface area (Å²) in [5, 5.41) is 8.75. The molecule has 2 aliphatic rings. The lowest BCUT2D eigenvalue weighted by molar-refractivity contribution is -0.113. The van der Waals surface area contributed by atoms with Crippen LogP contribution in [-0.2, 0) is 17.6 Å². The van der Waals surface area contributed by atoms with Gasteiger partial charge in [-0.25, -0.2) is 9.97 Å².